The molecule has 0 radical (unpaired) electrons. The van der Waals surface area contributed by atoms with Gasteiger partial charge in [0.25, 0.3) is 5.91 Å². The number of halogens is 1. The molecule has 1 aromatic carbocycles. The minimum atomic E-state index is -0.162. The number of rotatable bonds is 4. The zero-order valence-electron chi connectivity index (χ0n) is 10.5. The second-order valence-electron chi connectivity index (χ2n) is 4.46. The molecule has 0 fully saturated rings. The van der Waals surface area contributed by atoms with Crippen LogP contribution in [0.5, 0.6) is 0 Å². The molecule has 0 aliphatic heterocycles. The van der Waals surface area contributed by atoms with Crippen LogP contribution in [-0.2, 0) is 0 Å². The van der Waals surface area contributed by atoms with Gasteiger partial charge >= 0.3 is 0 Å². The minimum absolute atomic E-state index is 0.154. The summed E-state index contributed by atoms with van der Waals surface area (Å²) < 4.78 is 0. The Balaban J connectivity index is 2.86. The quantitative estimate of drug-likeness (QED) is 0.812. The molecule has 1 amide bonds. The molecule has 0 heterocycles. The average molecular weight is 255 g/mol. The third-order valence-electron chi connectivity index (χ3n) is 2.82. The van der Waals surface area contributed by atoms with Crippen molar-refractivity contribution < 1.29 is 4.79 Å². The summed E-state index contributed by atoms with van der Waals surface area (Å²) >= 11 is 5.86. The highest BCUT2D eigenvalue weighted by atomic mass is 35.5. The summed E-state index contributed by atoms with van der Waals surface area (Å²) in [5.74, 6) is 0.231. The SMILES string of the molecule is CCC(NC(=O)c1cc(Cl)ccc1N)C(C)C. The lowest BCUT2D eigenvalue weighted by molar-refractivity contribution is 0.0925. The van der Waals surface area contributed by atoms with Crippen LogP contribution in [0.4, 0.5) is 5.69 Å². The fraction of sp³-hybridized carbons (Fsp3) is 0.462. The van der Waals surface area contributed by atoms with Crippen LogP contribution in [0.25, 0.3) is 0 Å². The van der Waals surface area contributed by atoms with Gasteiger partial charge in [-0.2, -0.15) is 0 Å². The number of amides is 1. The zero-order valence-corrected chi connectivity index (χ0v) is 11.2. The number of nitrogens with one attached hydrogen (secondary N) is 1. The first-order valence-electron chi connectivity index (χ1n) is 5.81. The fourth-order valence-electron chi connectivity index (χ4n) is 1.71. The van der Waals surface area contributed by atoms with Crippen LogP contribution in [0.3, 0.4) is 0 Å². The van der Waals surface area contributed by atoms with Gasteiger partial charge in [0.2, 0.25) is 0 Å². The van der Waals surface area contributed by atoms with Gasteiger partial charge < -0.3 is 11.1 Å². The van der Waals surface area contributed by atoms with Crippen LogP contribution < -0.4 is 11.1 Å². The number of hydrogen-bond acceptors (Lipinski definition) is 2. The molecule has 0 aliphatic carbocycles. The molecule has 0 saturated heterocycles. The Morgan fingerprint density at radius 1 is 1.47 bits per heavy atom. The van der Waals surface area contributed by atoms with Gasteiger partial charge in [0.1, 0.15) is 0 Å². The highest BCUT2D eigenvalue weighted by molar-refractivity contribution is 6.31. The van der Waals surface area contributed by atoms with Gasteiger partial charge in [-0.3, -0.25) is 4.79 Å². The van der Waals surface area contributed by atoms with Crippen LogP contribution in [0.15, 0.2) is 18.2 Å². The summed E-state index contributed by atoms with van der Waals surface area (Å²) in [6.45, 7) is 6.21. The van der Waals surface area contributed by atoms with Crippen molar-refractivity contribution in [3.63, 3.8) is 0 Å². The van der Waals surface area contributed by atoms with E-state index in [1.807, 2.05) is 6.92 Å². The van der Waals surface area contributed by atoms with E-state index in [1.165, 1.54) is 0 Å². The second-order valence-corrected chi connectivity index (χ2v) is 4.90. The highest BCUT2D eigenvalue weighted by Crippen LogP contribution is 2.18. The standard InChI is InChI=1S/C13H19ClN2O/c1-4-12(8(2)3)16-13(17)10-7-9(14)5-6-11(10)15/h5-8,12H,4,15H2,1-3H3,(H,16,17). The number of nitrogens with two attached hydrogens (primary N) is 1. The van der Waals surface area contributed by atoms with E-state index in [0.717, 1.165) is 6.42 Å². The van der Waals surface area contributed by atoms with E-state index < -0.39 is 0 Å². The fourth-order valence-corrected chi connectivity index (χ4v) is 1.88. The normalized spacial score (nSPS) is 12.5. The predicted molar refractivity (Wildman–Crippen MR) is 72.2 cm³/mol. The number of anilines is 1. The third-order valence-corrected chi connectivity index (χ3v) is 3.06. The summed E-state index contributed by atoms with van der Waals surface area (Å²) in [6.07, 6.45) is 0.893. The first-order chi connectivity index (χ1) is 7.95. The Bertz CT molecular complexity index is 404. The molecular weight excluding hydrogens is 236 g/mol. The summed E-state index contributed by atoms with van der Waals surface area (Å²) in [5.41, 5.74) is 6.66. The summed E-state index contributed by atoms with van der Waals surface area (Å²) in [5, 5.41) is 3.49. The van der Waals surface area contributed by atoms with Gasteiger partial charge in [-0.05, 0) is 30.5 Å². The summed E-state index contributed by atoms with van der Waals surface area (Å²) in [7, 11) is 0. The van der Waals surface area contributed by atoms with Crippen molar-refractivity contribution in [3.05, 3.63) is 28.8 Å². The Labute approximate surface area is 107 Å². The first-order valence-corrected chi connectivity index (χ1v) is 6.19. The molecule has 0 aromatic heterocycles. The average Bonchev–Trinajstić information content (AvgIpc) is 2.28. The molecule has 1 unspecified atom stereocenters. The molecule has 17 heavy (non-hydrogen) atoms. The van der Waals surface area contributed by atoms with E-state index >= 15 is 0 Å². The monoisotopic (exact) mass is 254 g/mol. The van der Waals surface area contributed by atoms with Gasteiger partial charge in [0.05, 0.1) is 5.56 Å². The maximum Gasteiger partial charge on any atom is 0.253 e. The molecule has 0 bridgehead atoms. The van der Waals surface area contributed by atoms with Gasteiger partial charge in [-0.25, -0.2) is 0 Å². The molecule has 3 N–H and O–H groups in total. The first kappa shape index (κ1) is 13.8. The largest absolute Gasteiger partial charge is 0.398 e. The lowest BCUT2D eigenvalue weighted by Gasteiger charge is -2.21. The van der Waals surface area contributed by atoms with Crippen molar-refractivity contribution in [2.24, 2.45) is 5.92 Å². The van der Waals surface area contributed by atoms with E-state index in [0.29, 0.717) is 22.2 Å². The molecule has 3 nitrogen and oxygen atoms in total. The van der Waals surface area contributed by atoms with Crippen molar-refractivity contribution in [1.82, 2.24) is 5.32 Å². The van der Waals surface area contributed by atoms with Crippen molar-refractivity contribution in [1.29, 1.82) is 0 Å². The van der Waals surface area contributed by atoms with Gasteiger partial charge in [0, 0.05) is 16.8 Å². The van der Waals surface area contributed by atoms with Crippen molar-refractivity contribution in [2.75, 3.05) is 5.73 Å². The molecule has 1 atom stereocenters. The van der Waals surface area contributed by atoms with Crippen molar-refractivity contribution >= 4 is 23.2 Å². The lowest BCUT2D eigenvalue weighted by Crippen LogP contribution is -2.38. The maximum absolute atomic E-state index is 12.0. The Hall–Kier alpha value is -1.22. The molecule has 0 spiro atoms. The maximum atomic E-state index is 12.0. The number of carbonyl (C=O) groups excluding carboxylic acids is 1. The zero-order chi connectivity index (χ0) is 13.0. The molecular formula is C13H19ClN2O. The van der Waals surface area contributed by atoms with Crippen LogP contribution in [0.2, 0.25) is 5.02 Å². The van der Waals surface area contributed by atoms with E-state index in [1.54, 1.807) is 18.2 Å². The van der Waals surface area contributed by atoms with Crippen LogP contribution in [0.1, 0.15) is 37.6 Å². The highest BCUT2D eigenvalue weighted by Gasteiger charge is 2.17. The topological polar surface area (TPSA) is 55.1 Å². The molecule has 0 saturated carbocycles. The van der Waals surface area contributed by atoms with E-state index in [9.17, 15) is 4.79 Å². The van der Waals surface area contributed by atoms with Crippen LogP contribution >= 0.6 is 11.6 Å². The van der Waals surface area contributed by atoms with Crippen molar-refractivity contribution in [2.45, 2.75) is 33.2 Å². The Kier molecular flexibility index (Phi) is 4.82. The third kappa shape index (κ3) is 3.63. The second kappa shape index (κ2) is 5.92. The Morgan fingerprint density at radius 3 is 2.65 bits per heavy atom. The number of benzene rings is 1. The molecule has 1 aromatic rings. The van der Waals surface area contributed by atoms with E-state index in [2.05, 4.69) is 19.2 Å². The van der Waals surface area contributed by atoms with Crippen LogP contribution in [-0.4, -0.2) is 11.9 Å². The summed E-state index contributed by atoms with van der Waals surface area (Å²) in [4.78, 5) is 12.0. The molecule has 0 aliphatic rings. The lowest BCUT2D eigenvalue weighted by atomic mass is 10.0. The van der Waals surface area contributed by atoms with E-state index in [4.69, 9.17) is 17.3 Å². The van der Waals surface area contributed by atoms with Gasteiger partial charge in [-0.15, -0.1) is 0 Å². The number of hydrogen-bond donors (Lipinski definition) is 2. The van der Waals surface area contributed by atoms with Gasteiger partial charge in [-0.1, -0.05) is 32.4 Å². The van der Waals surface area contributed by atoms with Gasteiger partial charge in [0.15, 0.2) is 0 Å². The minimum Gasteiger partial charge on any atom is -0.398 e. The van der Waals surface area contributed by atoms with E-state index in [-0.39, 0.29) is 11.9 Å². The predicted octanol–water partition coefficient (Wildman–Crippen LogP) is 3.09. The molecule has 1 rings (SSSR count). The smallest absolute Gasteiger partial charge is 0.253 e. The molecule has 4 heteroatoms. The van der Waals surface area contributed by atoms with Crippen molar-refractivity contribution in [3.8, 4) is 0 Å². The number of nitrogen functional groups attached to an aromatic ring is 1. The summed E-state index contributed by atoms with van der Waals surface area (Å²) in [6, 6.07) is 5.07. The Morgan fingerprint density at radius 2 is 2.12 bits per heavy atom. The van der Waals surface area contributed by atoms with Crippen LogP contribution in [0, 0.1) is 5.92 Å². The molecule has 94 valence electrons. The number of carbonyl (C=O) groups is 1.